The summed E-state index contributed by atoms with van der Waals surface area (Å²) in [5, 5.41) is 2.42. The summed E-state index contributed by atoms with van der Waals surface area (Å²) in [6.45, 7) is 11.9. The molecule has 0 amide bonds. The van der Waals surface area contributed by atoms with Crippen LogP contribution in [0.4, 0.5) is 0 Å². The van der Waals surface area contributed by atoms with Gasteiger partial charge in [-0.15, -0.1) is 0 Å². The maximum absolute atomic E-state index is 3.99. The third kappa shape index (κ3) is 3.40. The van der Waals surface area contributed by atoms with Crippen LogP contribution < -0.4 is 0 Å². The molecule has 0 heterocycles. The van der Waals surface area contributed by atoms with Crippen LogP contribution in [0.1, 0.15) is 25.0 Å². The highest BCUT2D eigenvalue weighted by molar-refractivity contribution is 9.11. The van der Waals surface area contributed by atoms with Crippen molar-refractivity contribution in [1.82, 2.24) is 0 Å². The van der Waals surface area contributed by atoms with Crippen molar-refractivity contribution in [2.24, 2.45) is 0 Å². The van der Waals surface area contributed by atoms with E-state index in [0.717, 1.165) is 25.6 Å². The molecule has 0 fully saturated rings. The lowest BCUT2D eigenvalue weighted by atomic mass is 9.92. The second-order valence-corrected chi connectivity index (χ2v) is 6.69. The molecule has 122 valence electrons. The summed E-state index contributed by atoms with van der Waals surface area (Å²) >= 11 is 7.42. The van der Waals surface area contributed by atoms with Gasteiger partial charge >= 0.3 is 0 Å². The van der Waals surface area contributed by atoms with Gasteiger partial charge in [0.2, 0.25) is 0 Å². The molecule has 0 nitrogen and oxygen atoms in total. The average Bonchev–Trinajstić information content (AvgIpc) is 2.63. The van der Waals surface area contributed by atoms with Crippen molar-refractivity contribution in [1.29, 1.82) is 0 Å². The molecule has 24 heavy (non-hydrogen) atoms. The second kappa shape index (κ2) is 8.46. The van der Waals surface area contributed by atoms with Crippen LogP contribution in [0.3, 0.4) is 0 Å². The lowest BCUT2D eigenvalue weighted by molar-refractivity contribution is 1.50. The monoisotopic (exact) mass is 442 g/mol. The maximum Gasteiger partial charge on any atom is 0.0260 e. The topological polar surface area (TPSA) is 0 Å². The standard InChI is InChI=1S/C20H14Br2.C2H6/c1-3-13-9-11-17(21)19(15(13)4-2)20-16-8-6-5-7-14(16)10-12-18(20)22;1-2/h3-12H,1-2H2;1-2H3. The van der Waals surface area contributed by atoms with E-state index in [9.17, 15) is 0 Å². The molecule has 0 saturated heterocycles. The molecule has 0 aliphatic heterocycles. The first-order valence-corrected chi connectivity index (χ1v) is 9.51. The molecule has 0 aliphatic carbocycles. The van der Waals surface area contributed by atoms with E-state index in [2.05, 4.69) is 93.5 Å². The van der Waals surface area contributed by atoms with E-state index in [1.165, 1.54) is 16.3 Å². The average molecular weight is 444 g/mol. The first kappa shape index (κ1) is 18.7. The normalized spacial score (nSPS) is 10.0. The Labute approximate surface area is 161 Å². The molecule has 0 aromatic heterocycles. The number of rotatable bonds is 3. The molecular weight excluding hydrogens is 424 g/mol. The molecule has 0 aliphatic rings. The minimum Gasteiger partial charge on any atom is -0.0984 e. The molecule has 0 atom stereocenters. The minimum atomic E-state index is 1.05. The van der Waals surface area contributed by atoms with Crippen molar-refractivity contribution >= 4 is 54.8 Å². The zero-order valence-corrected chi connectivity index (χ0v) is 17.1. The van der Waals surface area contributed by atoms with Gasteiger partial charge in [-0.1, -0.05) is 107 Å². The summed E-state index contributed by atoms with van der Waals surface area (Å²) in [4.78, 5) is 0. The van der Waals surface area contributed by atoms with Crippen LogP contribution in [0.2, 0.25) is 0 Å². The van der Waals surface area contributed by atoms with E-state index in [1.54, 1.807) is 0 Å². The molecule has 3 rings (SSSR count). The predicted molar refractivity (Wildman–Crippen MR) is 116 cm³/mol. The minimum absolute atomic E-state index is 1.05. The summed E-state index contributed by atoms with van der Waals surface area (Å²) < 4.78 is 2.11. The van der Waals surface area contributed by atoms with Crippen LogP contribution in [-0.2, 0) is 0 Å². The first-order valence-electron chi connectivity index (χ1n) is 7.92. The van der Waals surface area contributed by atoms with Crippen LogP contribution in [0.25, 0.3) is 34.1 Å². The van der Waals surface area contributed by atoms with Crippen molar-refractivity contribution in [3.05, 3.63) is 81.8 Å². The Bertz CT molecular complexity index is 892. The zero-order chi connectivity index (χ0) is 17.7. The number of benzene rings is 3. The van der Waals surface area contributed by atoms with Crippen molar-refractivity contribution < 1.29 is 0 Å². The van der Waals surface area contributed by atoms with Crippen LogP contribution in [0.5, 0.6) is 0 Å². The summed E-state index contributed by atoms with van der Waals surface area (Å²) in [6, 6.07) is 16.7. The molecule has 0 radical (unpaired) electrons. The Balaban J connectivity index is 0.00000100. The van der Waals surface area contributed by atoms with Gasteiger partial charge in [-0.3, -0.25) is 0 Å². The molecule has 3 aromatic carbocycles. The zero-order valence-electron chi connectivity index (χ0n) is 13.9. The van der Waals surface area contributed by atoms with Crippen molar-refractivity contribution in [2.75, 3.05) is 0 Å². The van der Waals surface area contributed by atoms with Crippen LogP contribution in [0, 0.1) is 0 Å². The molecule has 2 heteroatoms. The molecular formula is C22H20Br2. The van der Waals surface area contributed by atoms with Crippen molar-refractivity contribution in [2.45, 2.75) is 13.8 Å². The van der Waals surface area contributed by atoms with Crippen molar-refractivity contribution in [3.63, 3.8) is 0 Å². The Morgan fingerprint density at radius 3 is 2.04 bits per heavy atom. The van der Waals surface area contributed by atoms with Gasteiger partial charge in [-0.25, -0.2) is 0 Å². The Morgan fingerprint density at radius 2 is 1.38 bits per heavy atom. The Morgan fingerprint density at radius 1 is 0.750 bits per heavy atom. The van der Waals surface area contributed by atoms with Crippen LogP contribution in [-0.4, -0.2) is 0 Å². The molecule has 0 unspecified atom stereocenters. The van der Waals surface area contributed by atoms with Crippen molar-refractivity contribution in [3.8, 4) is 11.1 Å². The number of fused-ring (bicyclic) bond motifs is 1. The van der Waals surface area contributed by atoms with Gasteiger partial charge in [0.1, 0.15) is 0 Å². The number of hydrogen-bond donors (Lipinski definition) is 0. The second-order valence-electron chi connectivity index (χ2n) is 4.98. The first-order chi connectivity index (χ1) is 11.7. The summed E-state index contributed by atoms with van der Waals surface area (Å²) in [7, 11) is 0. The quantitative estimate of drug-likeness (QED) is 0.381. The van der Waals surface area contributed by atoms with Gasteiger partial charge in [0.15, 0.2) is 0 Å². The van der Waals surface area contributed by atoms with Gasteiger partial charge in [0.05, 0.1) is 0 Å². The van der Waals surface area contributed by atoms with Gasteiger partial charge < -0.3 is 0 Å². The van der Waals surface area contributed by atoms with E-state index in [0.29, 0.717) is 0 Å². The lowest BCUT2D eigenvalue weighted by Crippen LogP contribution is -1.92. The predicted octanol–water partition coefficient (Wildman–Crippen LogP) is 8.34. The fourth-order valence-corrected chi connectivity index (χ4v) is 3.85. The largest absolute Gasteiger partial charge is 0.0984 e. The van der Waals surface area contributed by atoms with Crippen LogP contribution in [0.15, 0.2) is 70.6 Å². The summed E-state index contributed by atoms with van der Waals surface area (Å²) in [5.74, 6) is 0. The fraction of sp³-hybridized carbons (Fsp3) is 0.0909. The van der Waals surface area contributed by atoms with Gasteiger partial charge in [0.25, 0.3) is 0 Å². The van der Waals surface area contributed by atoms with E-state index in [-0.39, 0.29) is 0 Å². The SMILES string of the molecule is C=Cc1ccc(Br)c(-c2c(Br)ccc3ccccc23)c1C=C.CC. The third-order valence-corrected chi connectivity index (χ3v) is 5.10. The Kier molecular flexibility index (Phi) is 6.59. The molecule has 0 N–H and O–H groups in total. The number of halogens is 2. The molecule has 0 bridgehead atoms. The van der Waals surface area contributed by atoms with E-state index in [1.807, 2.05) is 26.0 Å². The highest BCUT2D eigenvalue weighted by Crippen LogP contribution is 2.42. The van der Waals surface area contributed by atoms with E-state index >= 15 is 0 Å². The highest BCUT2D eigenvalue weighted by Gasteiger charge is 2.16. The fourth-order valence-electron chi connectivity index (χ4n) is 2.76. The van der Waals surface area contributed by atoms with Crippen LogP contribution >= 0.6 is 31.9 Å². The Hall–Kier alpha value is -1.64. The lowest BCUT2D eigenvalue weighted by Gasteiger charge is -2.16. The number of hydrogen-bond acceptors (Lipinski definition) is 0. The van der Waals surface area contributed by atoms with Gasteiger partial charge in [-0.05, 0) is 34.0 Å². The van der Waals surface area contributed by atoms with Gasteiger partial charge in [-0.2, -0.15) is 0 Å². The third-order valence-electron chi connectivity index (χ3n) is 3.78. The molecule has 0 spiro atoms. The summed E-state index contributed by atoms with van der Waals surface area (Å²) in [6.07, 6.45) is 3.76. The van der Waals surface area contributed by atoms with E-state index in [4.69, 9.17) is 0 Å². The van der Waals surface area contributed by atoms with E-state index < -0.39 is 0 Å². The molecule has 3 aromatic rings. The summed E-state index contributed by atoms with van der Waals surface area (Å²) in [5.41, 5.74) is 4.47. The smallest absolute Gasteiger partial charge is 0.0260 e. The maximum atomic E-state index is 3.99. The highest BCUT2D eigenvalue weighted by atomic mass is 79.9. The van der Waals surface area contributed by atoms with Gasteiger partial charge in [0, 0.05) is 20.1 Å². The molecule has 0 saturated carbocycles.